The van der Waals surface area contributed by atoms with Crippen LogP contribution in [0.3, 0.4) is 0 Å². The third-order valence-corrected chi connectivity index (χ3v) is 2.12. The van der Waals surface area contributed by atoms with E-state index < -0.39 is 0 Å². The second kappa shape index (κ2) is 5.17. The van der Waals surface area contributed by atoms with E-state index in [4.69, 9.17) is 0 Å². The zero-order valence-electron chi connectivity index (χ0n) is 8.28. The van der Waals surface area contributed by atoms with E-state index in [1.165, 1.54) is 17.6 Å². The molecule has 0 spiro atoms. The van der Waals surface area contributed by atoms with Gasteiger partial charge in [0.2, 0.25) is 0 Å². The molecule has 0 fully saturated rings. The highest BCUT2D eigenvalue weighted by atomic mass is 14.1. The van der Waals surface area contributed by atoms with Crippen LogP contribution in [-0.4, -0.2) is 0 Å². The first-order valence-electron chi connectivity index (χ1n) is 4.44. The molecule has 0 aromatic rings. The molecular weight excluding hydrogens is 132 g/mol. The molecule has 0 radical (unpaired) electrons. The lowest BCUT2D eigenvalue weighted by atomic mass is 9.96. The van der Waals surface area contributed by atoms with E-state index >= 15 is 0 Å². The van der Waals surface area contributed by atoms with Gasteiger partial charge in [0.25, 0.3) is 0 Å². The normalized spacial score (nSPS) is 14.7. The van der Waals surface area contributed by atoms with Crippen LogP contribution in [0.15, 0.2) is 23.8 Å². The predicted molar refractivity (Wildman–Crippen MR) is 52.6 cm³/mol. The summed E-state index contributed by atoms with van der Waals surface area (Å²) < 4.78 is 0. The molecule has 0 aromatic heterocycles. The van der Waals surface area contributed by atoms with Crippen molar-refractivity contribution in [3.63, 3.8) is 0 Å². The summed E-state index contributed by atoms with van der Waals surface area (Å²) >= 11 is 0. The van der Waals surface area contributed by atoms with Crippen LogP contribution < -0.4 is 0 Å². The van der Waals surface area contributed by atoms with Crippen LogP contribution in [0, 0.1) is 5.92 Å². The van der Waals surface area contributed by atoms with Gasteiger partial charge in [0.1, 0.15) is 0 Å². The van der Waals surface area contributed by atoms with Crippen LogP contribution in [0.2, 0.25) is 0 Å². The van der Waals surface area contributed by atoms with Gasteiger partial charge in [-0.1, -0.05) is 37.6 Å². The van der Waals surface area contributed by atoms with E-state index in [-0.39, 0.29) is 0 Å². The summed E-state index contributed by atoms with van der Waals surface area (Å²) in [5, 5.41) is 0. The molecule has 0 saturated heterocycles. The zero-order chi connectivity index (χ0) is 8.85. The van der Waals surface area contributed by atoms with Crippen LogP contribution in [0.5, 0.6) is 0 Å². The van der Waals surface area contributed by atoms with Crippen LogP contribution in [0.1, 0.15) is 40.5 Å². The number of hydrogen-bond donors (Lipinski definition) is 0. The highest BCUT2D eigenvalue weighted by molar-refractivity contribution is 5.11. The molecule has 0 rings (SSSR count). The minimum atomic E-state index is 0.593. The Labute approximate surface area is 71.0 Å². The quantitative estimate of drug-likeness (QED) is 0.535. The lowest BCUT2D eigenvalue weighted by molar-refractivity contribution is 0.720. The summed E-state index contributed by atoms with van der Waals surface area (Å²) in [5.74, 6) is 0.593. The minimum Gasteiger partial charge on any atom is -0.0995 e. The summed E-state index contributed by atoms with van der Waals surface area (Å²) in [7, 11) is 0. The molecule has 0 heteroatoms. The number of allylic oxidation sites excluding steroid dienone is 3. The van der Waals surface area contributed by atoms with Gasteiger partial charge in [0, 0.05) is 0 Å². The van der Waals surface area contributed by atoms with E-state index in [0.717, 1.165) is 6.42 Å². The zero-order valence-corrected chi connectivity index (χ0v) is 8.28. The van der Waals surface area contributed by atoms with Crippen molar-refractivity contribution in [1.29, 1.82) is 0 Å². The second-order valence-electron chi connectivity index (χ2n) is 3.23. The second-order valence-corrected chi connectivity index (χ2v) is 3.23. The third-order valence-electron chi connectivity index (χ3n) is 2.12. The van der Waals surface area contributed by atoms with Gasteiger partial charge < -0.3 is 0 Å². The molecule has 0 aliphatic heterocycles. The van der Waals surface area contributed by atoms with E-state index in [1.54, 1.807) is 0 Å². The van der Waals surface area contributed by atoms with Gasteiger partial charge in [-0.25, -0.2) is 0 Å². The van der Waals surface area contributed by atoms with Gasteiger partial charge in [-0.2, -0.15) is 0 Å². The fourth-order valence-corrected chi connectivity index (χ4v) is 1.07. The lowest BCUT2D eigenvalue weighted by Crippen LogP contribution is -1.95. The van der Waals surface area contributed by atoms with Gasteiger partial charge in [0.05, 0.1) is 0 Å². The molecule has 64 valence electrons. The van der Waals surface area contributed by atoms with Gasteiger partial charge in [-0.05, 0) is 32.6 Å². The van der Waals surface area contributed by atoms with E-state index in [2.05, 4.69) is 40.3 Å². The molecule has 0 saturated carbocycles. The number of rotatable bonds is 4. The van der Waals surface area contributed by atoms with Gasteiger partial charge in [-0.15, -0.1) is 0 Å². The predicted octanol–water partition coefficient (Wildman–Crippen LogP) is 3.95. The molecule has 0 N–H and O–H groups in total. The maximum absolute atomic E-state index is 3.97. The molecule has 0 aromatic carbocycles. The summed E-state index contributed by atoms with van der Waals surface area (Å²) in [4.78, 5) is 0. The van der Waals surface area contributed by atoms with Gasteiger partial charge in [0.15, 0.2) is 0 Å². The van der Waals surface area contributed by atoms with Crippen molar-refractivity contribution in [2.24, 2.45) is 5.92 Å². The molecule has 0 aliphatic carbocycles. The van der Waals surface area contributed by atoms with Crippen molar-refractivity contribution < 1.29 is 0 Å². The Bertz CT molecular complexity index is 151. The van der Waals surface area contributed by atoms with Crippen molar-refractivity contribution >= 4 is 0 Å². The average Bonchev–Trinajstić information content (AvgIpc) is 1.99. The summed E-state index contributed by atoms with van der Waals surface area (Å²) in [5.41, 5.74) is 2.75. The third kappa shape index (κ3) is 4.02. The molecule has 11 heavy (non-hydrogen) atoms. The average molecular weight is 152 g/mol. The molecule has 0 amide bonds. The summed E-state index contributed by atoms with van der Waals surface area (Å²) in [6, 6.07) is 0. The van der Waals surface area contributed by atoms with Crippen molar-refractivity contribution in [2.45, 2.75) is 40.5 Å². The van der Waals surface area contributed by atoms with Crippen LogP contribution in [0.4, 0.5) is 0 Å². The Balaban J connectivity index is 4.17. The molecule has 1 atom stereocenters. The molecule has 0 heterocycles. The van der Waals surface area contributed by atoms with E-state index in [1.807, 2.05) is 0 Å². The largest absolute Gasteiger partial charge is 0.0995 e. The lowest BCUT2D eigenvalue weighted by Gasteiger charge is -2.10. The Hall–Kier alpha value is -0.520. The maximum atomic E-state index is 3.97. The summed E-state index contributed by atoms with van der Waals surface area (Å²) in [6.07, 6.45) is 4.67. The van der Waals surface area contributed by atoms with Crippen molar-refractivity contribution in [3.05, 3.63) is 23.8 Å². The number of hydrogen-bond acceptors (Lipinski definition) is 0. The van der Waals surface area contributed by atoms with Gasteiger partial charge >= 0.3 is 0 Å². The molecule has 1 unspecified atom stereocenters. The molecule has 0 nitrogen and oxygen atoms in total. The smallest absolute Gasteiger partial charge is 0.00288 e. The highest BCUT2D eigenvalue weighted by Gasteiger charge is 2.01. The van der Waals surface area contributed by atoms with Crippen LogP contribution in [-0.2, 0) is 0 Å². The van der Waals surface area contributed by atoms with Crippen molar-refractivity contribution in [3.8, 4) is 0 Å². The van der Waals surface area contributed by atoms with E-state index in [9.17, 15) is 0 Å². The Morgan fingerprint density at radius 2 is 1.91 bits per heavy atom. The maximum Gasteiger partial charge on any atom is -0.00288 e. The fourth-order valence-electron chi connectivity index (χ4n) is 1.07. The van der Waals surface area contributed by atoms with Crippen molar-refractivity contribution in [1.82, 2.24) is 0 Å². The Kier molecular flexibility index (Phi) is 4.93. The standard InChI is InChI=1S/C11H20/c1-6-10(5)8-11(7-2)9(3)4/h8,11H,3,6-7H2,1-2,4-5H3/b10-8+. The van der Waals surface area contributed by atoms with Crippen molar-refractivity contribution in [2.75, 3.05) is 0 Å². The first-order chi connectivity index (χ1) is 5.11. The SMILES string of the molecule is C=C(C)C(/C=C(\C)CC)CC. The topological polar surface area (TPSA) is 0 Å². The summed E-state index contributed by atoms with van der Waals surface area (Å²) in [6.45, 7) is 12.7. The molecule has 0 bridgehead atoms. The van der Waals surface area contributed by atoms with Crippen LogP contribution in [0.25, 0.3) is 0 Å². The Morgan fingerprint density at radius 1 is 1.36 bits per heavy atom. The molecular formula is C11H20. The minimum absolute atomic E-state index is 0.593. The Morgan fingerprint density at radius 3 is 2.18 bits per heavy atom. The fraction of sp³-hybridized carbons (Fsp3) is 0.636. The monoisotopic (exact) mass is 152 g/mol. The van der Waals surface area contributed by atoms with Crippen LogP contribution >= 0.6 is 0 Å². The van der Waals surface area contributed by atoms with E-state index in [0.29, 0.717) is 5.92 Å². The first kappa shape index (κ1) is 10.5. The van der Waals surface area contributed by atoms with Gasteiger partial charge in [-0.3, -0.25) is 0 Å². The first-order valence-corrected chi connectivity index (χ1v) is 4.44. The highest BCUT2D eigenvalue weighted by Crippen LogP contribution is 2.17. The molecule has 0 aliphatic rings.